The van der Waals surface area contributed by atoms with Gasteiger partial charge in [0.2, 0.25) is 6.29 Å². The molecule has 1 aromatic carbocycles. The van der Waals surface area contributed by atoms with Crippen LogP contribution in [0.3, 0.4) is 0 Å². The first-order chi connectivity index (χ1) is 9.58. The number of para-hydroxylation sites is 1. The average molecular weight is 276 g/mol. The average Bonchev–Trinajstić information content (AvgIpc) is 2.78. The van der Waals surface area contributed by atoms with Crippen molar-refractivity contribution in [2.75, 3.05) is 14.2 Å². The van der Waals surface area contributed by atoms with E-state index >= 15 is 0 Å². The van der Waals surface area contributed by atoms with Crippen LogP contribution in [0.25, 0.3) is 10.9 Å². The van der Waals surface area contributed by atoms with Crippen LogP contribution in [0.1, 0.15) is 16.9 Å². The largest absolute Gasteiger partial charge is 0.349 e. The Morgan fingerprint density at radius 3 is 2.55 bits per heavy atom. The van der Waals surface area contributed by atoms with Crippen molar-refractivity contribution in [1.29, 1.82) is 0 Å². The van der Waals surface area contributed by atoms with Gasteiger partial charge in [-0.1, -0.05) is 18.2 Å². The molecule has 0 atom stereocenters. The van der Waals surface area contributed by atoms with E-state index < -0.39 is 12.1 Å². The lowest BCUT2D eigenvalue weighted by Gasteiger charge is -2.10. The molecule has 0 aliphatic heterocycles. The van der Waals surface area contributed by atoms with Crippen LogP contribution < -0.4 is 0 Å². The van der Waals surface area contributed by atoms with Crippen LogP contribution in [0.5, 0.6) is 0 Å². The third kappa shape index (κ3) is 2.61. The zero-order chi connectivity index (χ0) is 14.7. The van der Waals surface area contributed by atoms with E-state index in [4.69, 9.17) is 9.47 Å². The predicted octanol–water partition coefficient (Wildman–Crippen LogP) is 1.33. The molecule has 106 valence electrons. The van der Waals surface area contributed by atoms with Crippen LogP contribution in [0.15, 0.2) is 24.3 Å². The third-order valence-electron chi connectivity index (χ3n) is 3.05. The summed E-state index contributed by atoms with van der Waals surface area (Å²) in [5.41, 5.74) is 1.14. The second-order valence-corrected chi connectivity index (χ2v) is 4.36. The number of hydrogen-bond acceptors (Lipinski definition) is 5. The number of aryl methyl sites for hydroxylation is 1. The summed E-state index contributed by atoms with van der Waals surface area (Å²) in [4.78, 5) is 24.0. The van der Waals surface area contributed by atoms with Gasteiger partial charge in [-0.15, -0.1) is 0 Å². The molecule has 0 bridgehead atoms. The fourth-order valence-electron chi connectivity index (χ4n) is 2.10. The number of carbonyl (C=O) groups excluding carboxylic acids is 2. The second kappa shape index (κ2) is 5.94. The van der Waals surface area contributed by atoms with Crippen LogP contribution in [-0.4, -0.2) is 41.9 Å². The smallest absolute Gasteiger partial charge is 0.217 e. The standard InChI is InChI=1S/C14H16N2O4/c1-16-10-7-5-4-6-9(10)13(15-16)11(17)8-12(18)14(19-2)20-3/h4-7,14H,8H2,1-3H3. The van der Waals surface area contributed by atoms with Gasteiger partial charge in [-0.25, -0.2) is 0 Å². The van der Waals surface area contributed by atoms with Crippen molar-refractivity contribution in [3.63, 3.8) is 0 Å². The Morgan fingerprint density at radius 2 is 1.90 bits per heavy atom. The van der Waals surface area contributed by atoms with E-state index in [-0.39, 0.29) is 12.2 Å². The summed E-state index contributed by atoms with van der Waals surface area (Å²) in [5.74, 6) is -0.763. The zero-order valence-electron chi connectivity index (χ0n) is 11.6. The molecule has 0 saturated heterocycles. The highest BCUT2D eigenvalue weighted by Gasteiger charge is 2.24. The highest BCUT2D eigenvalue weighted by molar-refractivity contribution is 6.13. The maximum absolute atomic E-state index is 12.2. The molecule has 20 heavy (non-hydrogen) atoms. The number of methoxy groups -OCH3 is 2. The number of fused-ring (bicyclic) bond motifs is 1. The van der Waals surface area contributed by atoms with Crippen LogP contribution >= 0.6 is 0 Å². The molecule has 0 N–H and O–H groups in total. The quantitative estimate of drug-likeness (QED) is 0.452. The van der Waals surface area contributed by atoms with E-state index in [2.05, 4.69) is 5.10 Å². The topological polar surface area (TPSA) is 70.4 Å². The van der Waals surface area contributed by atoms with E-state index in [9.17, 15) is 9.59 Å². The van der Waals surface area contributed by atoms with Gasteiger partial charge in [0.15, 0.2) is 11.6 Å². The van der Waals surface area contributed by atoms with Crippen molar-refractivity contribution in [3.05, 3.63) is 30.0 Å². The van der Waals surface area contributed by atoms with Gasteiger partial charge in [0.1, 0.15) is 5.69 Å². The summed E-state index contributed by atoms with van der Waals surface area (Å²) < 4.78 is 11.3. The molecule has 6 nitrogen and oxygen atoms in total. The van der Waals surface area contributed by atoms with Crippen molar-refractivity contribution in [1.82, 2.24) is 9.78 Å². The van der Waals surface area contributed by atoms with E-state index in [1.165, 1.54) is 14.2 Å². The fraction of sp³-hybridized carbons (Fsp3) is 0.357. The van der Waals surface area contributed by atoms with Gasteiger partial charge in [-0.2, -0.15) is 5.10 Å². The molecule has 0 fully saturated rings. The van der Waals surface area contributed by atoms with E-state index in [0.29, 0.717) is 5.69 Å². The lowest BCUT2D eigenvalue weighted by molar-refractivity contribution is -0.155. The Labute approximate surface area is 116 Å². The summed E-state index contributed by atoms with van der Waals surface area (Å²) >= 11 is 0. The minimum absolute atomic E-state index is 0.294. The Balaban J connectivity index is 2.26. The summed E-state index contributed by atoms with van der Waals surface area (Å²) in [5, 5.41) is 4.92. The molecular weight excluding hydrogens is 260 g/mol. The number of ketones is 2. The number of Topliss-reactive ketones (excluding diaryl/α,β-unsaturated/α-hetero) is 2. The van der Waals surface area contributed by atoms with Crippen molar-refractivity contribution < 1.29 is 19.1 Å². The number of nitrogens with zero attached hydrogens (tertiary/aromatic N) is 2. The molecule has 0 aliphatic carbocycles. The summed E-state index contributed by atoms with van der Waals surface area (Å²) in [6.45, 7) is 0. The van der Waals surface area contributed by atoms with Crippen LogP contribution in [-0.2, 0) is 21.3 Å². The van der Waals surface area contributed by atoms with E-state index in [0.717, 1.165) is 10.9 Å². The number of hydrogen-bond donors (Lipinski definition) is 0. The fourth-order valence-corrected chi connectivity index (χ4v) is 2.10. The second-order valence-electron chi connectivity index (χ2n) is 4.36. The third-order valence-corrected chi connectivity index (χ3v) is 3.05. The number of rotatable bonds is 6. The van der Waals surface area contributed by atoms with Crippen LogP contribution in [0, 0.1) is 0 Å². The molecule has 0 saturated carbocycles. The van der Waals surface area contributed by atoms with Gasteiger partial charge < -0.3 is 9.47 Å². The maximum Gasteiger partial charge on any atom is 0.217 e. The lowest BCUT2D eigenvalue weighted by atomic mass is 10.1. The molecule has 0 spiro atoms. The number of aromatic nitrogens is 2. The lowest BCUT2D eigenvalue weighted by Crippen LogP contribution is -2.27. The SMILES string of the molecule is COC(OC)C(=O)CC(=O)c1nn(C)c2ccccc12. The normalized spacial score (nSPS) is 11.2. The molecule has 1 heterocycles. The van der Waals surface area contributed by atoms with Crippen molar-refractivity contribution >= 4 is 22.5 Å². The van der Waals surface area contributed by atoms with Gasteiger partial charge in [0.05, 0.1) is 11.9 Å². The van der Waals surface area contributed by atoms with Gasteiger partial charge in [-0.05, 0) is 6.07 Å². The van der Waals surface area contributed by atoms with Crippen molar-refractivity contribution in [3.8, 4) is 0 Å². The van der Waals surface area contributed by atoms with Gasteiger partial charge in [0.25, 0.3) is 0 Å². The minimum Gasteiger partial charge on any atom is -0.349 e. The summed E-state index contributed by atoms with van der Waals surface area (Å²) in [6.07, 6.45) is -1.32. The highest BCUT2D eigenvalue weighted by Crippen LogP contribution is 2.19. The summed E-state index contributed by atoms with van der Waals surface area (Å²) in [6, 6.07) is 7.38. The number of benzene rings is 1. The first kappa shape index (κ1) is 14.4. The van der Waals surface area contributed by atoms with Crippen LogP contribution in [0.2, 0.25) is 0 Å². The van der Waals surface area contributed by atoms with E-state index in [1.807, 2.05) is 24.3 Å². The Hall–Kier alpha value is -2.05. The molecular formula is C14H16N2O4. The molecule has 0 amide bonds. The Kier molecular flexibility index (Phi) is 4.26. The number of carbonyl (C=O) groups is 2. The zero-order valence-corrected chi connectivity index (χ0v) is 11.6. The molecule has 1 aromatic heterocycles. The predicted molar refractivity (Wildman–Crippen MR) is 72.5 cm³/mol. The van der Waals surface area contributed by atoms with Crippen LogP contribution in [0.4, 0.5) is 0 Å². The Bertz CT molecular complexity index is 644. The molecule has 6 heteroatoms. The monoisotopic (exact) mass is 276 g/mol. The van der Waals surface area contributed by atoms with Crippen molar-refractivity contribution in [2.24, 2.45) is 7.05 Å². The first-order valence-electron chi connectivity index (χ1n) is 6.11. The molecule has 0 radical (unpaired) electrons. The molecule has 0 unspecified atom stereocenters. The highest BCUT2D eigenvalue weighted by atomic mass is 16.7. The molecule has 2 rings (SSSR count). The number of ether oxygens (including phenoxy) is 2. The molecule has 2 aromatic rings. The summed E-state index contributed by atoms with van der Waals surface area (Å²) in [7, 11) is 4.47. The van der Waals surface area contributed by atoms with Gasteiger partial charge in [-0.3, -0.25) is 14.3 Å². The van der Waals surface area contributed by atoms with Gasteiger partial charge in [0, 0.05) is 26.7 Å². The molecule has 0 aliphatic rings. The van der Waals surface area contributed by atoms with Gasteiger partial charge >= 0.3 is 0 Å². The Morgan fingerprint density at radius 1 is 1.25 bits per heavy atom. The van der Waals surface area contributed by atoms with Crippen molar-refractivity contribution in [2.45, 2.75) is 12.7 Å². The first-order valence-corrected chi connectivity index (χ1v) is 6.11. The van der Waals surface area contributed by atoms with E-state index in [1.54, 1.807) is 11.7 Å². The minimum atomic E-state index is -1.02. The maximum atomic E-state index is 12.2.